The number of hydrogen-bond acceptors (Lipinski definition) is 5. The van der Waals surface area contributed by atoms with Crippen LogP contribution in [0.2, 0.25) is 0 Å². The molecule has 0 spiro atoms. The van der Waals surface area contributed by atoms with E-state index < -0.39 is 25.9 Å². The normalized spacial score (nSPS) is 18.4. The Morgan fingerprint density at radius 3 is 2.56 bits per heavy atom. The molecule has 0 aromatic heterocycles. The number of anilines is 1. The summed E-state index contributed by atoms with van der Waals surface area (Å²) in [6.07, 6.45) is 1.93. The first-order valence-electron chi connectivity index (χ1n) is 7.74. The average Bonchev–Trinajstić information content (AvgIpc) is 2.56. The molecule has 1 heterocycles. The maximum atomic E-state index is 14.0. The van der Waals surface area contributed by atoms with E-state index >= 15 is 0 Å². The predicted octanol–water partition coefficient (Wildman–Crippen LogP) is 1.29. The number of hydrogen-bond donors (Lipinski definition) is 3. The lowest BCUT2D eigenvalue weighted by Gasteiger charge is -2.22. The van der Waals surface area contributed by atoms with E-state index in [0.717, 1.165) is 38.1 Å². The lowest BCUT2D eigenvalue weighted by Crippen LogP contribution is -2.38. The molecule has 11 heteroatoms. The van der Waals surface area contributed by atoms with Crippen molar-refractivity contribution in [1.29, 1.82) is 0 Å². The van der Waals surface area contributed by atoms with Gasteiger partial charge in [0.2, 0.25) is 20.0 Å². The van der Waals surface area contributed by atoms with Crippen molar-refractivity contribution < 1.29 is 21.2 Å². The first kappa shape index (κ1) is 22.1. The zero-order valence-electron chi connectivity index (χ0n) is 13.8. The van der Waals surface area contributed by atoms with Crippen LogP contribution >= 0.6 is 12.4 Å². The van der Waals surface area contributed by atoms with Crippen LogP contribution in [0.5, 0.6) is 0 Å². The van der Waals surface area contributed by atoms with Crippen molar-refractivity contribution in [3.63, 3.8) is 0 Å². The van der Waals surface area contributed by atoms with Gasteiger partial charge in [-0.2, -0.15) is 0 Å². The second kappa shape index (κ2) is 9.13. The minimum atomic E-state index is -3.84. The Balaban J connectivity index is 0.00000312. The monoisotopic (exact) mass is 415 g/mol. The number of rotatable bonds is 7. The summed E-state index contributed by atoms with van der Waals surface area (Å²) in [5.74, 6) is -0.938. The molecule has 0 saturated carbocycles. The summed E-state index contributed by atoms with van der Waals surface area (Å²) in [6, 6.07) is 3.10. The van der Waals surface area contributed by atoms with Gasteiger partial charge in [0, 0.05) is 6.54 Å². The second-order valence-electron chi connectivity index (χ2n) is 5.71. The highest BCUT2D eigenvalue weighted by Gasteiger charge is 2.20. The molecule has 1 aromatic carbocycles. The molecule has 3 N–H and O–H groups in total. The third-order valence-electron chi connectivity index (χ3n) is 3.86. The maximum Gasteiger partial charge on any atom is 0.240 e. The van der Waals surface area contributed by atoms with Crippen LogP contribution in [0.15, 0.2) is 23.1 Å². The minimum absolute atomic E-state index is 0. The van der Waals surface area contributed by atoms with Crippen LogP contribution in [-0.4, -0.2) is 42.2 Å². The van der Waals surface area contributed by atoms with Gasteiger partial charge in [-0.05, 0) is 57.0 Å². The number of halogens is 2. The topological polar surface area (TPSA) is 104 Å². The molecular weight excluding hydrogens is 393 g/mol. The first-order valence-corrected chi connectivity index (χ1v) is 10.9. The fraction of sp³-hybridized carbons (Fsp3) is 0.571. The van der Waals surface area contributed by atoms with Gasteiger partial charge < -0.3 is 5.32 Å². The zero-order valence-corrected chi connectivity index (χ0v) is 16.2. The van der Waals surface area contributed by atoms with Crippen LogP contribution in [0.1, 0.15) is 19.8 Å². The van der Waals surface area contributed by atoms with Crippen LogP contribution in [0.25, 0.3) is 0 Å². The molecule has 0 radical (unpaired) electrons. The van der Waals surface area contributed by atoms with Crippen molar-refractivity contribution in [1.82, 2.24) is 10.0 Å². The van der Waals surface area contributed by atoms with E-state index in [-0.39, 0.29) is 41.2 Å². The van der Waals surface area contributed by atoms with Gasteiger partial charge in [0.05, 0.1) is 16.3 Å². The molecule has 144 valence electrons. The molecule has 1 unspecified atom stereocenters. The van der Waals surface area contributed by atoms with Gasteiger partial charge in [-0.1, -0.05) is 0 Å². The Labute approximate surface area is 154 Å². The molecule has 1 atom stereocenters. The van der Waals surface area contributed by atoms with Crippen molar-refractivity contribution in [2.45, 2.75) is 24.7 Å². The Morgan fingerprint density at radius 1 is 1.28 bits per heavy atom. The number of nitrogens with one attached hydrogen (secondary N) is 3. The Hall–Kier alpha value is -0.940. The van der Waals surface area contributed by atoms with E-state index in [1.54, 1.807) is 0 Å². The SMILES string of the molecule is CCS(=O)(=O)Nc1ccc(S(=O)(=O)NCC2CCCNC2)cc1F.Cl. The van der Waals surface area contributed by atoms with E-state index in [1.807, 2.05) is 0 Å². The summed E-state index contributed by atoms with van der Waals surface area (Å²) in [5.41, 5.74) is -0.271. The molecule has 1 fully saturated rings. The van der Waals surface area contributed by atoms with Gasteiger partial charge in [-0.15, -0.1) is 12.4 Å². The van der Waals surface area contributed by atoms with Gasteiger partial charge in [0.25, 0.3) is 0 Å². The lowest BCUT2D eigenvalue weighted by atomic mass is 10.0. The van der Waals surface area contributed by atoms with E-state index in [1.165, 1.54) is 13.0 Å². The van der Waals surface area contributed by atoms with Crippen LogP contribution in [0.4, 0.5) is 10.1 Å². The molecular formula is C14H23ClFN3O4S2. The minimum Gasteiger partial charge on any atom is -0.316 e. The Kier molecular flexibility index (Phi) is 8.07. The number of piperidine rings is 1. The highest BCUT2D eigenvalue weighted by Crippen LogP contribution is 2.20. The molecule has 1 aromatic rings. The largest absolute Gasteiger partial charge is 0.316 e. The van der Waals surface area contributed by atoms with Gasteiger partial charge >= 0.3 is 0 Å². The van der Waals surface area contributed by atoms with Gasteiger partial charge in [0.15, 0.2) is 0 Å². The molecule has 1 aliphatic heterocycles. The predicted molar refractivity (Wildman–Crippen MR) is 97.5 cm³/mol. The summed E-state index contributed by atoms with van der Waals surface area (Å²) in [4.78, 5) is -0.233. The van der Waals surface area contributed by atoms with Gasteiger partial charge in [-0.25, -0.2) is 25.9 Å². The molecule has 25 heavy (non-hydrogen) atoms. The van der Waals surface area contributed by atoms with Crippen molar-refractivity contribution in [2.24, 2.45) is 5.92 Å². The summed E-state index contributed by atoms with van der Waals surface area (Å²) >= 11 is 0. The third-order valence-corrected chi connectivity index (χ3v) is 6.57. The molecule has 0 amide bonds. The first-order chi connectivity index (χ1) is 11.2. The van der Waals surface area contributed by atoms with Gasteiger partial charge in [0.1, 0.15) is 5.82 Å². The van der Waals surface area contributed by atoms with E-state index in [0.29, 0.717) is 0 Å². The van der Waals surface area contributed by atoms with Crippen LogP contribution in [0.3, 0.4) is 0 Å². The molecule has 1 aliphatic rings. The standard InChI is InChI=1S/C14H22FN3O4S2.ClH/c1-2-23(19,20)18-14-6-5-12(8-13(14)15)24(21,22)17-10-11-4-3-7-16-9-11;/h5-6,8,11,16-18H,2-4,7,9-10H2,1H3;1H. The van der Waals surface area contributed by atoms with Crippen LogP contribution < -0.4 is 14.8 Å². The molecule has 0 aliphatic carbocycles. The molecule has 0 bridgehead atoms. The van der Waals surface area contributed by atoms with E-state index in [9.17, 15) is 21.2 Å². The number of benzene rings is 1. The van der Waals surface area contributed by atoms with Crippen LogP contribution in [0, 0.1) is 11.7 Å². The second-order valence-corrected chi connectivity index (χ2v) is 9.49. The highest BCUT2D eigenvalue weighted by atomic mass is 35.5. The Morgan fingerprint density at radius 2 is 2.00 bits per heavy atom. The third kappa shape index (κ3) is 6.37. The van der Waals surface area contributed by atoms with E-state index in [4.69, 9.17) is 0 Å². The summed E-state index contributed by atoms with van der Waals surface area (Å²) < 4.78 is 66.0. The smallest absolute Gasteiger partial charge is 0.240 e. The van der Waals surface area contributed by atoms with E-state index in [2.05, 4.69) is 14.8 Å². The summed E-state index contributed by atoms with van der Waals surface area (Å²) in [5, 5.41) is 3.19. The zero-order chi connectivity index (χ0) is 17.8. The van der Waals surface area contributed by atoms with Crippen molar-refractivity contribution in [2.75, 3.05) is 30.1 Å². The summed E-state index contributed by atoms with van der Waals surface area (Å²) in [7, 11) is -7.47. The number of sulfonamides is 2. The summed E-state index contributed by atoms with van der Waals surface area (Å²) in [6.45, 7) is 3.38. The Bertz CT molecular complexity index is 781. The highest BCUT2D eigenvalue weighted by molar-refractivity contribution is 7.92. The average molecular weight is 416 g/mol. The van der Waals surface area contributed by atoms with Crippen molar-refractivity contribution in [3.8, 4) is 0 Å². The fourth-order valence-corrected chi connectivity index (χ4v) is 4.17. The molecule has 1 saturated heterocycles. The van der Waals surface area contributed by atoms with Gasteiger partial charge in [-0.3, -0.25) is 4.72 Å². The quantitative estimate of drug-likeness (QED) is 0.622. The fourth-order valence-electron chi connectivity index (χ4n) is 2.39. The van der Waals surface area contributed by atoms with Crippen LogP contribution in [-0.2, 0) is 20.0 Å². The molecule has 2 rings (SSSR count). The van der Waals surface area contributed by atoms with Crippen molar-refractivity contribution in [3.05, 3.63) is 24.0 Å². The molecule has 7 nitrogen and oxygen atoms in total. The lowest BCUT2D eigenvalue weighted by molar-refractivity contribution is 0.376. The maximum absolute atomic E-state index is 14.0. The van der Waals surface area contributed by atoms with Crippen molar-refractivity contribution >= 4 is 38.1 Å².